The van der Waals surface area contributed by atoms with Gasteiger partial charge in [-0.2, -0.15) is 0 Å². The molecule has 0 atom stereocenters. The van der Waals surface area contributed by atoms with Crippen LogP contribution in [0.25, 0.3) is 0 Å². The van der Waals surface area contributed by atoms with Crippen molar-refractivity contribution in [2.75, 3.05) is 22.8 Å². The highest BCUT2D eigenvalue weighted by molar-refractivity contribution is 7.92. The molecule has 0 aliphatic carbocycles. The van der Waals surface area contributed by atoms with Gasteiger partial charge < -0.3 is 4.90 Å². The molecule has 1 aliphatic rings. The van der Waals surface area contributed by atoms with Crippen molar-refractivity contribution in [3.63, 3.8) is 0 Å². The lowest BCUT2D eigenvalue weighted by Crippen LogP contribution is -2.30. The number of benzene rings is 3. The van der Waals surface area contributed by atoms with Crippen LogP contribution in [0.5, 0.6) is 0 Å². The number of nitrogens with zero attached hydrogens (tertiary/aromatic N) is 2. The smallest absolute Gasteiger partial charge is 0.264 e. The molecule has 1 aliphatic heterocycles. The number of carbonyl (C=O) groups is 1. The summed E-state index contributed by atoms with van der Waals surface area (Å²) in [6.45, 7) is 4.53. The fraction of sp³-hybridized carbons (Fsp3) is 0.208. The summed E-state index contributed by atoms with van der Waals surface area (Å²) >= 11 is 0. The Hall–Kier alpha value is -3.12. The van der Waals surface area contributed by atoms with Gasteiger partial charge in [-0.25, -0.2) is 8.42 Å². The molecular formula is C24H24N2O3S. The van der Waals surface area contributed by atoms with Crippen LogP contribution in [-0.2, 0) is 16.4 Å². The molecule has 0 N–H and O–H groups in total. The van der Waals surface area contributed by atoms with E-state index in [1.807, 2.05) is 44.2 Å². The number of hydrogen-bond acceptors (Lipinski definition) is 3. The first kappa shape index (κ1) is 20.2. The zero-order valence-corrected chi connectivity index (χ0v) is 18.1. The number of anilines is 2. The van der Waals surface area contributed by atoms with Crippen LogP contribution in [0.4, 0.5) is 11.4 Å². The van der Waals surface area contributed by atoms with Gasteiger partial charge in [-0.05, 0) is 61.7 Å². The monoisotopic (exact) mass is 420 g/mol. The predicted octanol–water partition coefficient (Wildman–Crippen LogP) is 4.33. The van der Waals surface area contributed by atoms with Crippen LogP contribution in [0.1, 0.15) is 27.0 Å². The van der Waals surface area contributed by atoms with E-state index in [1.165, 1.54) is 23.5 Å². The number of amides is 1. The molecule has 0 fully saturated rings. The van der Waals surface area contributed by atoms with E-state index in [2.05, 4.69) is 0 Å². The maximum Gasteiger partial charge on any atom is 0.264 e. The summed E-state index contributed by atoms with van der Waals surface area (Å²) in [5.74, 6) is -0.182. The van der Waals surface area contributed by atoms with E-state index in [0.717, 1.165) is 28.8 Å². The molecule has 154 valence electrons. The Labute approximate surface area is 177 Å². The zero-order valence-electron chi connectivity index (χ0n) is 17.3. The van der Waals surface area contributed by atoms with E-state index in [4.69, 9.17) is 0 Å². The van der Waals surface area contributed by atoms with Gasteiger partial charge in [-0.3, -0.25) is 9.10 Å². The van der Waals surface area contributed by atoms with Crippen molar-refractivity contribution in [3.05, 3.63) is 89.0 Å². The SMILES string of the molecule is Cc1ccc(N(C)S(=O)(=O)c2cccc(C(=O)N3CCc4cccc(C)c43)c2)cc1. The van der Waals surface area contributed by atoms with Gasteiger partial charge in [0.1, 0.15) is 0 Å². The lowest BCUT2D eigenvalue weighted by molar-refractivity contribution is 0.0989. The number of para-hydroxylation sites is 1. The molecule has 0 saturated heterocycles. The first-order valence-electron chi connectivity index (χ1n) is 9.85. The van der Waals surface area contributed by atoms with Gasteiger partial charge in [0.05, 0.1) is 16.3 Å². The summed E-state index contributed by atoms with van der Waals surface area (Å²) in [4.78, 5) is 15.1. The Morgan fingerprint density at radius 3 is 2.40 bits per heavy atom. The minimum absolute atomic E-state index is 0.0978. The topological polar surface area (TPSA) is 57.7 Å². The van der Waals surface area contributed by atoms with E-state index >= 15 is 0 Å². The molecule has 0 bridgehead atoms. The van der Waals surface area contributed by atoms with E-state index in [0.29, 0.717) is 17.8 Å². The van der Waals surface area contributed by atoms with Crippen LogP contribution in [0, 0.1) is 13.8 Å². The van der Waals surface area contributed by atoms with Gasteiger partial charge in [0.15, 0.2) is 0 Å². The second kappa shape index (κ2) is 7.61. The minimum Gasteiger partial charge on any atom is -0.307 e. The highest BCUT2D eigenvalue weighted by Gasteiger charge is 2.28. The molecule has 5 nitrogen and oxygen atoms in total. The van der Waals surface area contributed by atoms with Gasteiger partial charge >= 0.3 is 0 Å². The zero-order chi connectivity index (χ0) is 21.5. The van der Waals surface area contributed by atoms with Crippen LogP contribution in [0.3, 0.4) is 0 Å². The van der Waals surface area contributed by atoms with Gasteiger partial charge in [-0.15, -0.1) is 0 Å². The molecule has 0 saturated carbocycles. The molecule has 1 heterocycles. The Kier molecular flexibility index (Phi) is 5.12. The lowest BCUT2D eigenvalue weighted by atomic mass is 10.1. The average Bonchev–Trinajstić information content (AvgIpc) is 3.19. The minimum atomic E-state index is -3.79. The summed E-state index contributed by atoms with van der Waals surface area (Å²) in [5, 5.41) is 0. The highest BCUT2D eigenvalue weighted by atomic mass is 32.2. The van der Waals surface area contributed by atoms with E-state index in [1.54, 1.807) is 29.2 Å². The predicted molar refractivity (Wildman–Crippen MR) is 120 cm³/mol. The molecule has 4 rings (SSSR count). The molecule has 3 aromatic carbocycles. The fourth-order valence-electron chi connectivity index (χ4n) is 3.85. The summed E-state index contributed by atoms with van der Waals surface area (Å²) in [6.07, 6.45) is 0.802. The van der Waals surface area contributed by atoms with Crippen molar-refractivity contribution in [1.29, 1.82) is 0 Å². The van der Waals surface area contributed by atoms with Crippen molar-refractivity contribution in [3.8, 4) is 0 Å². The molecule has 6 heteroatoms. The van der Waals surface area contributed by atoms with Crippen molar-refractivity contribution in [2.45, 2.75) is 25.2 Å². The van der Waals surface area contributed by atoms with Crippen molar-refractivity contribution >= 4 is 27.3 Å². The van der Waals surface area contributed by atoms with Crippen molar-refractivity contribution in [1.82, 2.24) is 0 Å². The Balaban J connectivity index is 1.66. The molecule has 0 radical (unpaired) electrons. The molecule has 1 amide bonds. The molecule has 30 heavy (non-hydrogen) atoms. The maximum atomic E-state index is 13.2. The molecule has 0 aromatic heterocycles. The number of fused-ring (bicyclic) bond motifs is 1. The van der Waals surface area contributed by atoms with E-state index < -0.39 is 10.0 Å². The number of sulfonamides is 1. The molecular weight excluding hydrogens is 396 g/mol. The highest BCUT2D eigenvalue weighted by Crippen LogP contribution is 2.33. The second-order valence-electron chi connectivity index (χ2n) is 7.63. The average molecular weight is 421 g/mol. The third-order valence-corrected chi connectivity index (χ3v) is 7.36. The quantitative estimate of drug-likeness (QED) is 0.631. The Morgan fingerprint density at radius 2 is 1.67 bits per heavy atom. The van der Waals surface area contributed by atoms with Gasteiger partial charge in [0, 0.05) is 19.2 Å². The van der Waals surface area contributed by atoms with Crippen molar-refractivity contribution < 1.29 is 13.2 Å². The second-order valence-corrected chi connectivity index (χ2v) is 9.59. The number of rotatable bonds is 4. The first-order chi connectivity index (χ1) is 14.3. The molecule has 0 unspecified atom stereocenters. The normalized spacial score (nSPS) is 13.2. The maximum absolute atomic E-state index is 13.2. The summed E-state index contributed by atoms with van der Waals surface area (Å²) in [5.41, 5.74) is 5.12. The molecule has 3 aromatic rings. The standard InChI is InChI=1S/C24H24N2O3S/c1-17-10-12-21(13-11-17)25(3)30(28,29)22-9-5-8-20(16-22)24(27)26-15-14-19-7-4-6-18(2)23(19)26/h4-13,16H,14-15H2,1-3H3. The lowest BCUT2D eigenvalue weighted by Gasteiger charge is -2.22. The Bertz CT molecular complexity index is 1220. The van der Waals surface area contributed by atoms with Gasteiger partial charge in [0.25, 0.3) is 15.9 Å². The number of hydrogen-bond donors (Lipinski definition) is 0. The Morgan fingerprint density at radius 1 is 0.967 bits per heavy atom. The number of aryl methyl sites for hydroxylation is 2. The van der Waals surface area contributed by atoms with Crippen LogP contribution in [-0.4, -0.2) is 27.9 Å². The third-order valence-electron chi connectivity index (χ3n) is 5.58. The van der Waals surface area contributed by atoms with Gasteiger partial charge in [-0.1, -0.05) is 42.0 Å². The third kappa shape index (κ3) is 3.48. The van der Waals surface area contributed by atoms with Crippen LogP contribution >= 0.6 is 0 Å². The largest absolute Gasteiger partial charge is 0.307 e. The van der Waals surface area contributed by atoms with Crippen molar-refractivity contribution in [2.24, 2.45) is 0 Å². The first-order valence-corrected chi connectivity index (χ1v) is 11.3. The summed E-state index contributed by atoms with van der Waals surface area (Å²) in [6, 6.07) is 19.6. The van der Waals surface area contributed by atoms with Crippen LogP contribution in [0.15, 0.2) is 71.6 Å². The fourth-order valence-corrected chi connectivity index (χ4v) is 5.09. The van der Waals surface area contributed by atoms with E-state index in [9.17, 15) is 13.2 Å². The number of carbonyl (C=O) groups excluding carboxylic acids is 1. The van der Waals surface area contributed by atoms with Gasteiger partial charge in [0.2, 0.25) is 0 Å². The summed E-state index contributed by atoms with van der Waals surface area (Å²) in [7, 11) is -2.27. The van der Waals surface area contributed by atoms with Crippen LogP contribution in [0.2, 0.25) is 0 Å². The molecule has 0 spiro atoms. The summed E-state index contributed by atoms with van der Waals surface area (Å²) < 4.78 is 27.6. The van der Waals surface area contributed by atoms with Crippen LogP contribution < -0.4 is 9.21 Å². The van der Waals surface area contributed by atoms with E-state index in [-0.39, 0.29) is 10.8 Å².